The molecule has 0 unspecified atom stereocenters. The summed E-state index contributed by atoms with van der Waals surface area (Å²) in [6, 6.07) is 3.02. The fraction of sp³-hybridized carbons (Fsp3) is 0.583. The number of nitrogens with zero attached hydrogens (tertiary/aromatic N) is 1. The Labute approximate surface area is 101 Å². The lowest BCUT2D eigenvalue weighted by Crippen LogP contribution is -2.06. The molecule has 0 bridgehead atoms. The standard InChI is InChI=1S/C12H19FN2O2/c1-16-8-9-17-7-3-2-6-14-12-5-4-11(13)10-15-12/h4-5,10H,2-3,6-9H2,1H3,(H,14,15). The number of anilines is 1. The van der Waals surface area contributed by atoms with Crippen molar-refractivity contribution in [2.24, 2.45) is 0 Å². The quantitative estimate of drug-likeness (QED) is 0.673. The molecule has 17 heavy (non-hydrogen) atoms. The average Bonchev–Trinajstić information content (AvgIpc) is 2.35. The lowest BCUT2D eigenvalue weighted by molar-refractivity contribution is 0.0691. The third-order valence-corrected chi connectivity index (χ3v) is 2.18. The second-order valence-electron chi connectivity index (χ2n) is 3.60. The molecule has 0 saturated heterocycles. The van der Waals surface area contributed by atoms with Gasteiger partial charge in [-0.1, -0.05) is 0 Å². The normalized spacial score (nSPS) is 10.5. The summed E-state index contributed by atoms with van der Waals surface area (Å²) >= 11 is 0. The van der Waals surface area contributed by atoms with Gasteiger partial charge in [0.25, 0.3) is 0 Å². The fourth-order valence-corrected chi connectivity index (χ4v) is 1.27. The second-order valence-corrected chi connectivity index (χ2v) is 3.60. The predicted molar refractivity (Wildman–Crippen MR) is 64.6 cm³/mol. The maximum absolute atomic E-state index is 12.6. The number of rotatable bonds is 9. The van der Waals surface area contributed by atoms with Crippen molar-refractivity contribution in [1.29, 1.82) is 0 Å². The fourth-order valence-electron chi connectivity index (χ4n) is 1.27. The number of hydrogen-bond donors (Lipinski definition) is 1. The zero-order valence-corrected chi connectivity index (χ0v) is 10.1. The van der Waals surface area contributed by atoms with Gasteiger partial charge in [0.05, 0.1) is 19.4 Å². The maximum Gasteiger partial charge on any atom is 0.141 e. The smallest absolute Gasteiger partial charge is 0.141 e. The Morgan fingerprint density at radius 1 is 1.24 bits per heavy atom. The first-order valence-electron chi connectivity index (χ1n) is 5.75. The molecule has 5 heteroatoms. The number of hydrogen-bond acceptors (Lipinski definition) is 4. The molecule has 1 aromatic rings. The van der Waals surface area contributed by atoms with Gasteiger partial charge in [-0.3, -0.25) is 0 Å². The van der Waals surface area contributed by atoms with Gasteiger partial charge in [-0.15, -0.1) is 0 Å². The number of halogens is 1. The first kappa shape index (κ1) is 13.9. The summed E-state index contributed by atoms with van der Waals surface area (Å²) in [5.41, 5.74) is 0. The molecule has 0 atom stereocenters. The van der Waals surface area contributed by atoms with Crippen molar-refractivity contribution in [2.75, 3.05) is 38.8 Å². The summed E-state index contributed by atoms with van der Waals surface area (Å²) in [6.07, 6.45) is 3.18. The molecule has 0 aromatic carbocycles. The van der Waals surface area contributed by atoms with E-state index in [1.54, 1.807) is 13.2 Å². The third-order valence-electron chi connectivity index (χ3n) is 2.18. The van der Waals surface area contributed by atoms with Crippen LogP contribution in [0.1, 0.15) is 12.8 Å². The number of pyridine rings is 1. The van der Waals surface area contributed by atoms with Gasteiger partial charge in [0, 0.05) is 20.3 Å². The highest BCUT2D eigenvalue weighted by Gasteiger charge is 1.94. The van der Waals surface area contributed by atoms with Crippen molar-refractivity contribution in [3.05, 3.63) is 24.1 Å². The van der Waals surface area contributed by atoms with E-state index in [1.165, 1.54) is 12.3 Å². The second kappa shape index (κ2) is 8.90. The highest BCUT2D eigenvalue weighted by molar-refractivity contribution is 5.33. The van der Waals surface area contributed by atoms with Crippen LogP contribution in [0.25, 0.3) is 0 Å². The Kier molecular flexibility index (Phi) is 7.25. The van der Waals surface area contributed by atoms with Gasteiger partial charge in [-0.05, 0) is 25.0 Å². The van der Waals surface area contributed by atoms with Crippen molar-refractivity contribution < 1.29 is 13.9 Å². The molecule has 0 aliphatic heterocycles. The molecule has 0 saturated carbocycles. The largest absolute Gasteiger partial charge is 0.382 e. The average molecular weight is 242 g/mol. The van der Waals surface area contributed by atoms with Crippen LogP contribution < -0.4 is 5.32 Å². The minimum absolute atomic E-state index is 0.318. The maximum atomic E-state index is 12.6. The molecule has 1 heterocycles. The zero-order valence-electron chi connectivity index (χ0n) is 10.1. The molecule has 1 N–H and O–H groups in total. The van der Waals surface area contributed by atoms with Gasteiger partial charge in [0.2, 0.25) is 0 Å². The van der Waals surface area contributed by atoms with E-state index < -0.39 is 0 Å². The van der Waals surface area contributed by atoms with Crippen molar-refractivity contribution >= 4 is 5.82 Å². The topological polar surface area (TPSA) is 43.4 Å². The highest BCUT2D eigenvalue weighted by Crippen LogP contribution is 2.03. The molecule has 0 aliphatic rings. The Morgan fingerprint density at radius 2 is 2.12 bits per heavy atom. The Hall–Kier alpha value is -1.20. The highest BCUT2D eigenvalue weighted by atomic mass is 19.1. The summed E-state index contributed by atoms with van der Waals surface area (Å²) < 4.78 is 22.7. The molecule has 0 spiro atoms. The molecule has 0 amide bonds. The van der Waals surface area contributed by atoms with Crippen molar-refractivity contribution in [2.45, 2.75) is 12.8 Å². The molecular formula is C12H19FN2O2. The van der Waals surface area contributed by atoms with Crippen molar-refractivity contribution in [3.63, 3.8) is 0 Å². The zero-order chi connectivity index (χ0) is 12.3. The van der Waals surface area contributed by atoms with E-state index in [4.69, 9.17) is 9.47 Å². The van der Waals surface area contributed by atoms with Crippen LogP contribution in [0, 0.1) is 5.82 Å². The van der Waals surface area contributed by atoms with E-state index in [1.807, 2.05) is 0 Å². The van der Waals surface area contributed by atoms with Crippen molar-refractivity contribution in [1.82, 2.24) is 4.98 Å². The summed E-state index contributed by atoms with van der Waals surface area (Å²) in [7, 11) is 1.66. The lowest BCUT2D eigenvalue weighted by atomic mass is 10.3. The van der Waals surface area contributed by atoms with Crippen LogP contribution in [0.2, 0.25) is 0 Å². The SMILES string of the molecule is COCCOCCCCNc1ccc(F)cn1. The first-order valence-corrected chi connectivity index (χ1v) is 5.75. The van der Waals surface area contributed by atoms with E-state index >= 15 is 0 Å². The van der Waals surface area contributed by atoms with Crippen LogP contribution >= 0.6 is 0 Å². The van der Waals surface area contributed by atoms with Gasteiger partial charge in [0.15, 0.2) is 0 Å². The third kappa shape index (κ3) is 6.86. The van der Waals surface area contributed by atoms with E-state index in [2.05, 4.69) is 10.3 Å². The molecule has 96 valence electrons. The van der Waals surface area contributed by atoms with E-state index in [0.29, 0.717) is 19.0 Å². The molecule has 1 rings (SSSR count). The predicted octanol–water partition coefficient (Wildman–Crippen LogP) is 2.08. The minimum atomic E-state index is -0.318. The number of aromatic nitrogens is 1. The minimum Gasteiger partial charge on any atom is -0.382 e. The number of methoxy groups -OCH3 is 1. The van der Waals surface area contributed by atoms with Gasteiger partial charge in [-0.25, -0.2) is 9.37 Å². The summed E-state index contributed by atoms with van der Waals surface area (Å²) in [5.74, 6) is 0.383. The summed E-state index contributed by atoms with van der Waals surface area (Å²) in [5, 5.41) is 3.12. The van der Waals surface area contributed by atoms with Crippen LogP contribution in [0.15, 0.2) is 18.3 Å². The van der Waals surface area contributed by atoms with E-state index in [9.17, 15) is 4.39 Å². The molecule has 1 aromatic heterocycles. The van der Waals surface area contributed by atoms with Crippen LogP contribution in [-0.2, 0) is 9.47 Å². The molecule has 0 fully saturated rings. The van der Waals surface area contributed by atoms with Gasteiger partial charge in [-0.2, -0.15) is 0 Å². The summed E-state index contributed by atoms with van der Waals surface area (Å²) in [6.45, 7) is 2.83. The summed E-state index contributed by atoms with van der Waals surface area (Å²) in [4.78, 5) is 3.90. The monoisotopic (exact) mass is 242 g/mol. The first-order chi connectivity index (χ1) is 8.33. The number of ether oxygens (including phenoxy) is 2. The Bertz CT molecular complexity index is 293. The van der Waals surface area contributed by atoms with Gasteiger partial charge in [0.1, 0.15) is 11.6 Å². The molecule has 4 nitrogen and oxygen atoms in total. The molecular weight excluding hydrogens is 223 g/mol. The van der Waals surface area contributed by atoms with Crippen LogP contribution in [0.4, 0.5) is 10.2 Å². The van der Waals surface area contributed by atoms with Crippen LogP contribution in [0.5, 0.6) is 0 Å². The van der Waals surface area contributed by atoms with Crippen LogP contribution in [0.3, 0.4) is 0 Å². The van der Waals surface area contributed by atoms with Gasteiger partial charge >= 0.3 is 0 Å². The van der Waals surface area contributed by atoms with Crippen LogP contribution in [-0.4, -0.2) is 38.5 Å². The Morgan fingerprint density at radius 3 is 2.82 bits per heavy atom. The van der Waals surface area contributed by atoms with E-state index in [-0.39, 0.29) is 5.82 Å². The molecule has 0 aliphatic carbocycles. The van der Waals surface area contributed by atoms with E-state index in [0.717, 1.165) is 26.0 Å². The van der Waals surface area contributed by atoms with Crippen molar-refractivity contribution in [3.8, 4) is 0 Å². The number of nitrogens with one attached hydrogen (secondary N) is 1. The number of unbranched alkanes of at least 4 members (excludes halogenated alkanes) is 1. The Balaban J connectivity index is 1.95. The lowest BCUT2D eigenvalue weighted by Gasteiger charge is -2.05. The van der Waals surface area contributed by atoms with Gasteiger partial charge < -0.3 is 14.8 Å². The molecule has 0 radical (unpaired) electrons.